The Morgan fingerprint density at radius 1 is 1.31 bits per heavy atom. The van der Waals surface area contributed by atoms with Gasteiger partial charge in [-0.2, -0.15) is 0 Å². The topological polar surface area (TPSA) is 53.6 Å². The van der Waals surface area contributed by atoms with Gasteiger partial charge in [-0.3, -0.25) is 4.79 Å². The maximum absolute atomic E-state index is 13.0. The van der Waals surface area contributed by atoms with Gasteiger partial charge in [-0.25, -0.2) is 0 Å². The zero-order valence-corrected chi connectivity index (χ0v) is 16.0. The predicted octanol–water partition coefficient (Wildman–Crippen LogP) is 2.48. The largest absolute Gasteiger partial charge is 0.487 e. The van der Waals surface area contributed by atoms with E-state index < -0.39 is 0 Å². The summed E-state index contributed by atoms with van der Waals surface area (Å²) in [5.41, 5.74) is 0.993. The van der Waals surface area contributed by atoms with Crippen LogP contribution >= 0.6 is 0 Å². The number of likely N-dealkylation sites (tertiary alicyclic amines) is 1. The van der Waals surface area contributed by atoms with Crippen LogP contribution in [-0.2, 0) is 4.79 Å². The summed E-state index contributed by atoms with van der Waals surface area (Å²) in [6, 6.07) is 8.71. The molecular weight excluding hydrogens is 326 g/mol. The SMILES string of the molecule is C[C@H]1C[C@@H](C(=O)NC2CC3(CCN(C)CC3)Oc3ccccc32)CCN1. The number of fused-ring (bicyclic) bond motifs is 1. The third-order valence-electron chi connectivity index (χ3n) is 6.41. The first-order chi connectivity index (χ1) is 12.5. The third-order valence-corrected chi connectivity index (χ3v) is 6.41. The second-order valence-corrected chi connectivity index (χ2v) is 8.47. The fourth-order valence-electron chi connectivity index (χ4n) is 4.74. The zero-order chi connectivity index (χ0) is 18.1. The monoisotopic (exact) mass is 357 g/mol. The molecule has 0 saturated carbocycles. The van der Waals surface area contributed by atoms with Crippen LogP contribution in [0.25, 0.3) is 0 Å². The van der Waals surface area contributed by atoms with Gasteiger partial charge in [0.1, 0.15) is 11.4 Å². The van der Waals surface area contributed by atoms with Gasteiger partial charge in [-0.05, 0) is 52.3 Å². The number of benzene rings is 1. The Kier molecular flexibility index (Phi) is 4.93. The molecule has 1 aromatic carbocycles. The minimum absolute atomic E-state index is 0.0565. The highest BCUT2D eigenvalue weighted by atomic mass is 16.5. The van der Waals surface area contributed by atoms with Crippen molar-refractivity contribution in [2.75, 3.05) is 26.7 Å². The Morgan fingerprint density at radius 3 is 2.85 bits per heavy atom. The number of para-hydroxylation sites is 1. The lowest BCUT2D eigenvalue weighted by atomic mass is 9.80. The number of hydrogen-bond acceptors (Lipinski definition) is 4. The molecule has 1 unspecified atom stereocenters. The van der Waals surface area contributed by atoms with Crippen LogP contribution in [0.15, 0.2) is 24.3 Å². The third kappa shape index (κ3) is 3.60. The van der Waals surface area contributed by atoms with E-state index in [9.17, 15) is 4.79 Å². The molecule has 2 saturated heterocycles. The Morgan fingerprint density at radius 2 is 2.08 bits per heavy atom. The van der Waals surface area contributed by atoms with Gasteiger partial charge in [0.05, 0.1) is 6.04 Å². The fourth-order valence-corrected chi connectivity index (χ4v) is 4.74. The molecule has 3 aliphatic heterocycles. The van der Waals surface area contributed by atoms with E-state index in [0.29, 0.717) is 6.04 Å². The van der Waals surface area contributed by atoms with Crippen LogP contribution in [0.1, 0.15) is 50.6 Å². The lowest BCUT2D eigenvalue weighted by Crippen LogP contribution is -2.52. The molecule has 5 nitrogen and oxygen atoms in total. The van der Waals surface area contributed by atoms with E-state index in [1.54, 1.807) is 0 Å². The van der Waals surface area contributed by atoms with E-state index in [1.165, 1.54) is 0 Å². The number of nitrogens with zero attached hydrogens (tertiary/aromatic N) is 1. The normalized spacial score (nSPS) is 31.1. The molecule has 3 aliphatic rings. The Hall–Kier alpha value is -1.59. The minimum Gasteiger partial charge on any atom is -0.487 e. The molecule has 2 N–H and O–H groups in total. The Labute approximate surface area is 156 Å². The summed E-state index contributed by atoms with van der Waals surface area (Å²) in [7, 11) is 2.17. The highest BCUT2D eigenvalue weighted by Gasteiger charge is 2.43. The van der Waals surface area contributed by atoms with Crippen molar-refractivity contribution in [3.63, 3.8) is 0 Å². The van der Waals surface area contributed by atoms with Crippen LogP contribution in [0.5, 0.6) is 5.75 Å². The number of nitrogens with one attached hydrogen (secondary N) is 2. The van der Waals surface area contributed by atoms with Crippen molar-refractivity contribution in [2.24, 2.45) is 5.92 Å². The molecule has 2 fully saturated rings. The molecule has 0 aromatic heterocycles. The van der Waals surface area contributed by atoms with Gasteiger partial charge in [-0.15, -0.1) is 0 Å². The van der Waals surface area contributed by atoms with Crippen molar-refractivity contribution in [1.82, 2.24) is 15.5 Å². The van der Waals surface area contributed by atoms with Crippen LogP contribution < -0.4 is 15.4 Å². The lowest BCUT2D eigenvalue weighted by Gasteiger charge is -2.46. The molecule has 5 heteroatoms. The van der Waals surface area contributed by atoms with Crippen molar-refractivity contribution in [3.8, 4) is 5.75 Å². The van der Waals surface area contributed by atoms with Crippen molar-refractivity contribution in [3.05, 3.63) is 29.8 Å². The molecule has 1 amide bonds. The first-order valence-corrected chi connectivity index (χ1v) is 10.0. The standard InChI is InChI=1S/C21H31N3O2/c1-15-13-16(7-10-22-15)20(25)23-18-14-21(8-11-24(2)12-9-21)26-19-6-4-3-5-17(18)19/h3-6,15-16,18,22H,7-14H2,1-2H3,(H,23,25)/t15-,16-,18?/m0/s1. The Balaban J connectivity index is 1.53. The fraction of sp³-hybridized carbons (Fsp3) is 0.667. The van der Waals surface area contributed by atoms with Crippen LogP contribution in [-0.4, -0.2) is 49.1 Å². The first kappa shape index (κ1) is 17.8. The molecule has 0 aliphatic carbocycles. The van der Waals surface area contributed by atoms with E-state index in [4.69, 9.17) is 4.74 Å². The number of amides is 1. The maximum Gasteiger partial charge on any atom is 0.223 e. The molecule has 3 heterocycles. The quantitative estimate of drug-likeness (QED) is 0.854. The molecule has 1 spiro atoms. The van der Waals surface area contributed by atoms with Crippen LogP contribution in [0, 0.1) is 5.92 Å². The van der Waals surface area contributed by atoms with E-state index >= 15 is 0 Å². The molecule has 142 valence electrons. The average Bonchev–Trinajstić information content (AvgIpc) is 2.64. The van der Waals surface area contributed by atoms with E-state index in [-0.39, 0.29) is 23.5 Å². The zero-order valence-electron chi connectivity index (χ0n) is 16.0. The highest BCUT2D eigenvalue weighted by molar-refractivity contribution is 5.79. The van der Waals surface area contributed by atoms with E-state index in [0.717, 1.165) is 63.1 Å². The summed E-state index contributed by atoms with van der Waals surface area (Å²) in [5.74, 6) is 1.28. The van der Waals surface area contributed by atoms with Crippen molar-refractivity contribution in [1.29, 1.82) is 0 Å². The van der Waals surface area contributed by atoms with E-state index in [1.807, 2.05) is 12.1 Å². The second-order valence-electron chi connectivity index (χ2n) is 8.47. The number of piperidine rings is 2. The van der Waals surface area contributed by atoms with Gasteiger partial charge < -0.3 is 20.3 Å². The van der Waals surface area contributed by atoms with Crippen LogP contribution in [0.4, 0.5) is 0 Å². The van der Waals surface area contributed by atoms with Gasteiger partial charge in [-0.1, -0.05) is 18.2 Å². The Bertz CT molecular complexity index is 654. The molecule has 0 bridgehead atoms. The van der Waals surface area contributed by atoms with Crippen LogP contribution in [0.2, 0.25) is 0 Å². The molecule has 0 radical (unpaired) electrons. The average molecular weight is 357 g/mol. The number of rotatable bonds is 2. The van der Waals surface area contributed by atoms with Gasteiger partial charge in [0.25, 0.3) is 0 Å². The summed E-state index contributed by atoms with van der Waals surface area (Å²) in [6.45, 7) is 5.19. The molecular formula is C21H31N3O2. The number of carbonyl (C=O) groups excluding carboxylic acids is 1. The summed E-state index contributed by atoms with van der Waals surface area (Å²) in [6.07, 6.45) is 4.77. The van der Waals surface area contributed by atoms with E-state index in [2.05, 4.69) is 41.6 Å². The molecule has 3 atom stereocenters. The molecule has 1 aromatic rings. The highest BCUT2D eigenvalue weighted by Crippen LogP contribution is 2.44. The maximum atomic E-state index is 13.0. The number of carbonyl (C=O) groups is 1. The molecule has 4 rings (SSSR count). The van der Waals surface area contributed by atoms with Gasteiger partial charge in [0.15, 0.2) is 0 Å². The second kappa shape index (κ2) is 7.20. The van der Waals surface area contributed by atoms with Gasteiger partial charge in [0, 0.05) is 37.0 Å². The van der Waals surface area contributed by atoms with Crippen LogP contribution in [0.3, 0.4) is 0 Å². The van der Waals surface area contributed by atoms with Gasteiger partial charge in [0.2, 0.25) is 5.91 Å². The van der Waals surface area contributed by atoms with Crippen molar-refractivity contribution >= 4 is 5.91 Å². The number of hydrogen-bond donors (Lipinski definition) is 2. The minimum atomic E-state index is -0.139. The summed E-state index contributed by atoms with van der Waals surface area (Å²) < 4.78 is 6.50. The van der Waals surface area contributed by atoms with Gasteiger partial charge >= 0.3 is 0 Å². The predicted molar refractivity (Wildman–Crippen MR) is 102 cm³/mol. The lowest BCUT2D eigenvalue weighted by molar-refractivity contribution is -0.127. The summed E-state index contributed by atoms with van der Waals surface area (Å²) in [5, 5.41) is 6.82. The van der Waals surface area contributed by atoms with Crippen molar-refractivity contribution < 1.29 is 9.53 Å². The number of ether oxygens (including phenoxy) is 1. The van der Waals surface area contributed by atoms with Crippen molar-refractivity contribution in [2.45, 2.75) is 56.7 Å². The smallest absolute Gasteiger partial charge is 0.223 e. The summed E-state index contributed by atoms with van der Waals surface area (Å²) >= 11 is 0. The molecule has 26 heavy (non-hydrogen) atoms. The summed E-state index contributed by atoms with van der Waals surface area (Å²) in [4.78, 5) is 15.3. The first-order valence-electron chi connectivity index (χ1n) is 10.0.